The van der Waals surface area contributed by atoms with E-state index in [4.69, 9.17) is 17.3 Å². The number of amides is 1. The van der Waals surface area contributed by atoms with Crippen LogP contribution in [0, 0.1) is 5.92 Å². The Labute approximate surface area is 117 Å². The molecule has 1 aliphatic carbocycles. The molecule has 1 aromatic rings. The molecule has 110 valence electrons. The van der Waals surface area contributed by atoms with Gasteiger partial charge >= 0.3 is 6.18 Å². The van der Waals surface area contributed by atoms with E-state index >= 15 is 0 Å². The second-order valence-corrected chi connectivity index (χ2v) is 4.93. The third-order valence-electron chi connectivity index (χ3n) is 3.27. The van der Waals surface area contributed by atoms with Gasteiger partial charge in [0, 0.05) is 12.2 Å². The van der Waals surface area contributed by atoms with Gasteiger partial charge in [0.15, 0.2) is 0 Å². The van der Waals surface area contributed by atoms with E-state index in [-0.39, 0.29) is 5.28 Å². The number of halogens is 4. The molecule has 1 amide bonds. The van der Waals surface area contributed by atoms with Crippen LogP contribution in [-0.2, 0) is 11.0 Å². The molecule has 0 saturated heterocycles. The molecule has 0 aromatic carbocycles. The number of carbonyl (C=O) groups is 1. The summed E-state index contributed by atoms with van der Waals surface area (Å²) >= 11 is 5.53. The van der Waals surface area contributed by atoms with E-state index in [0.717, 1.165) is 0 Å². The van der Waals surface area contributed by atoms with Gasteiger partial charge in [0.05, 0.1) is 5.92 Å². The van der Waals surface area contributed by atoms with Crippen molar-refractivity contribution in [1.29, 1.82) is 0 Å². The SMILES string of the molecule is NC(=O)[C@H]1CCC[C@H]1Nc1nc(Cl)ncc1C(F)(F)F. The lowest BCUT2D eigenvalue weighted by atomic mass is 10.0. The van der Waals surface area contributed by atoms with Crippen molar-refractivity contribution in [1.82, 2.24) is 9.97 Å². The van der Waals surface area contributed by atoms with Gasteiger partial charge in [-0.05, 0) is 24.4 Å². The quantitative estimate of drug-likeness (QED) is 0.839. The largest absolute Gasteiger partial charge is 0.421 e. The van der Waals surface area contributed by atoms with Crippen molar-refractivity contribution in [2.45, 2.75) is 31.5 Å². The predicted molar refractivity (Wildman–Crippen MR) is 66.0 cm³/mol. The van der Waals surface area contributed by atoms with Crippen LogP contribution in [-0.4, -0.2) is 21.9 Å². The van der Waals surface area contributed by atoms with E-state index in [9.17, 15) is 18.0 Å². The van der Waals surface area contributed by atoms with Crippen molar-refractivity contribution < 1.29 is 18.0 Å². The third-order valence-corrected chi connectivity index (χ3v) is 3.45. The maximum atomic E-state index is 12.9. The molecule has 0 bridgehead atoms. The number of nitrogens with zero attached hydrogens (tertiary/aromatic N) is 2. The Balaban J connectivity index is 2.28. The summed E-state index contributed by atoms with van der Waals surface area (Å²) < 4.78 is 38.6. The summed E-state index contributed by atoms with van der Waals surface area (Å²) in [6, 6.07) is -0.473. The zero-order valence-corrected chi connectivity index (χ0v) is 11.0. The van der Waals surface area contributed by atoms with E-state index in [1.54, 1.807) is 0 Å². The highest BCUT2D eigenvalue weighted by Gasteiger charge is 2.38. The molecular formula is C11H12ClF3N4O. The number of primary amides is 1. The minimum atomic E-state index is -4.60. The standard InChI is InChI=1S/C11H12ClF3N4O/c12-10-17-4-6(11(13,14)15)9(19-10)18-7-3-1-2-5(7)8(16)20/h4-5,7H,1-3H2,(H2,16,20)(H,17,18,19)/t5-,7+/m0/s1. The molecule has 3 N–H and O–H groups in total. The summed E-state index contributed by atoms with van der Waals surface area (Å²) in [5.41, 5.74) is 4.22. The minimum Gasteiger partial charge on any atom is -0.369 e. The summed E-state index contributed by atoms with van der Waals surface area (Å²) in [6.07, 6.45) is -2.18. The third kappa shape index (κ3) is 3.12. The van der Waals surface area contributed by atoms with Gasteiger partial charge in [0.1, 0.15) is 11.4 Å². The van der Waals surface area contributed by atoms with Crippen LogP contribution in [0.15, 0.2) is 6.20 Å². The first-order valence-corrected chi connectivity index (χ1v) is 6.32. The van der Waals surface area contributed by atoms with Crippen LogP contribution in [0.25, 0.3) is 0 Å². The normalized spacial score (nSPS) is 22.8. The lowest BCUT2D eigenvalue weighted by Crippen LogP contribution is -2.35. The first-order valence-electron chi connectivity index (χ1n) is 5.94. The summed E-state index contributed by atoms with van der Waals surface area (Å²) in [5.74, 6) is -1.46. The fraction of sp³-hybridized carbons (Fsp3) is 0.545. The highest BCUT2D eigenvalue weighted by Crippen LogP contribution is 2.36. The summed E-state index contributed by atoms with van der Waals surface area (Å²) in [7, 11) is 0. The number of nitrogens with one attached hydrogen (secondary N) is 1. The molecule has 20 heavy (non-hydrogen) atoms. The van der Waals surface area contributed by atoms with Gasteiger partial charge in [0.2, 0.25) is 11.2 Å². The fourth-order valence-corrected chi connectivity index (χ4v) is 2.46. The summed E-state index contributed by atoms with van der Waals surface area (Å²) in [4.78, 5) is 18.2. The monoisotopic (exact) mass is 308 g/mol. The Kier molecular flexibility index (Phi) is 4.03. The number of hydrogen-bond acceptors (Lipinski definition) is 4. The Morgan fingerprint density at radius 3 is 2.75 bits per heavy atom. The van der Waals surface area contributed by atoms with E-state index in [1.807, 2.05) is 0 Å². The van der Waals surface area contributed by atoms with Crippen LogP contribution in [0.4, 0.5) is 19.0 Å². The Hall–Kier alpha value is -1.57. The molecular weight excluding hydrogens is 297 g/mol. The van der Waals surface area contributed by atoms with Crippen molar-refractivity contribution in [3.63, 3.8) is 0 Å². The van der Waals surface area contributed by atoms with E-state index in [0.29, 0.717) is 25.5 Å². The molecule has 2 rings (SSSR count). The first-order chi connectivity index (χ1) is 9.29. The second kappa shape index (κ2) is 5.43. The first kappa shape index (κ1) is 14.8. The molecule has 1 aliphatic rings. The average molecular weight is 309 g/mol. The fourth-order valence-electron chi connectivity index (χ4n) is 2.33. The molecule has 9 heteroatoms. The molecule has 1 fully saturated rings. The number of carbonyl (C=O) groups excluding carboxylic acids is 1. The van der Waals surface area contributed by atoms with Crippen molar-refractivity contribution in [3.8, 4) is 0 Å². The zero-order chi connectivity index (χ0) is 14.9. The van der Waals surface area contributed by atoms with Gasteiger partial charge in [0.25, 0.3) is 0 Å². The van der Waals surface area contributed by atoms with Crippen molar-refractivity contribution in [2.24, 2.45) is 11.7 Å². The molecule has 0 aliphatic heterocycles. The van der Waals surface area contributed by atoms with Crippen LogP contribution in [0.2, 0.25) is 5.28 Å². The molecule has 1 saturated carbocycles. The topological polar surface area (TPSA) is 80.9 Å². The van der Waals surface area contributed by atoms with Gasteiger partial charge in [-0.2, -0.15) is 13.2 Å². The van der Waals surface area contributed by atoms with E-state index in [1.165, 1.54) is 0 Å². The number of rotatable bonds is 3. The lowest BCUT2D eigenvalue weighted by Gasteiger charge is -2.21. The van der Waals surface area contributed by atoms with Crippen molar-refractivity contribution in [2.75, 3.05) is 5.32 Å². The van der Waals surface area contributed by atoms with E-state index < -0.39 is 35.4 Å². The Bertz CT molecular complexity index is 523. The van der Waals surface area contributed by atoms with Gasteiger partial charge in [-0.15, -0.1) is 0 Å². The zero-order valence-electron chi connectivity index (χ0n) is 10.2. The molecule has 1 aromatic heterocycles. The summed E-state index contributed by atoms with van der Waals surface area (Å²) in [6.45, 7) is 0. The average Bonchev–Trinajstić information content (AvgIpc) is 2.75. The number of aromatic nitrogens is 2. The van der Waals surface area contributed by atoms with Gasteiger partial charge in [-0.1, -0.05) is 6.42 Å². The van der Waals surface area contributed by atoms with Crippen molar-refractivity contribution in [3.05, 3.63) is 17.0 Å². The molecule has 0 radical (unpaired) electrons. The van der Waals surface area contributed by atoms with Crippen LogP contribution in [0.3, 0.4) is 0 Å². The smallest absolute Gasteiger partial charge is 0.369 e. The van der Waals surface area contributed by atoms with Gasteiger partial charge < -0.3 is 11.1 Å². The predicted octanol–water partition coefficient (Wildman–Crippen LogP) is 2.21. The number of anilines is 1. The van der Waals surface area contributed by atoms with E-state index in [2.05, 4.69) is 15.3 Å². The molecule has 0 unspecified atom stereocenters. The highest BCUT2D eigenvalue weighted by molar-refractivity contribution is 6.28. The highest BCUT2D eigenvalue weighted by atomic mass is 35.5. The molecule has 1 heterocycles. The number of hydrogen-bond donors (Lipinski definition) is 2. The Morgan fingerprint density at radius 1 is 1.45 bits per heavy atom. The lowest BCUT2D eigenvalue weighted by molar-refractivity contribution is -0.137. The number of alkyl halides is 3. The van der Waals surface area contributed by atoms with Crippen LogP contribution in [0.5, 0.6) is 0 Å². The maximum absolute atomic E-state index is 12.9. The minimum absolute atomic E-state index is 0.297. The van der Waals surface area contributed by atoms with Crippen LogP contribution < -0.4 is 11.1 Å². The maximum Gasteiger partial charge on any atom is 0.421 e. The summed E-state index contributed by atoms with van der Waals surface area (Å²) in [5, 5.41) is 2.33. The van der Waals surface area contributed by atoms with Crippen LogP contribution >= 0.6 is 11.6 Å². The van der Waals surface area contributed by atoms with Crippen molar-refractivity contribution >= 4 is 23.3 Å². The number of nitrogens with two attached hydrogens (primary N) is 1. The molecule has 0 spiro atoms. The van der Waals surface area contributed by atoms with Gasteiger partial charge in [-0.3, -0.25) is 4.79 Å². The second-order valence-electron chi connectivity index (χ2n) is 4.59. The molecule has 5 nitrogen and oxygen atoms in total. The van der Waals surface area contributed by atoms with Crippen LogP contribution in [0.1, 0.15) is 24.8 Å². The van der Waals surface area contributed by atoms with Gasteiger partial charge in [-0.25, -0.2) is 9.97 Å². The Morgan fingerprint density at radius 2 is 2.15 bits per heavy atom. The molecule has 2 atom stereocenters.